The molecule has 0 amide bonds. The maximum atomic E-state index is 13.3. The van der Waals surface area contributed by atoms with Crippen molar-refractivity contribution in [2.45, 2.75) is 38.5 Å². The summed E-state index contributed by atoms with van der Waals surface area (Å²) < 4.78 is 38.8. The predicted molar refractivity (Wildman–Crippen MR) is 85.0 cm³/mol. The number of nitrogens with one attached hydrogen (secondary N) is 1. The number of hydrogen-bond acceptors (Lipinski definition) is 5. The van der Waals surface area contributed by atoms with Gasteiger partial charge in [0.1, 0.15) is 6.17 Å². The number of rotatable bonds is 6. The minimum Gasteiger partial charge on any atom is -0.758 e. The molecule has 1 fully saturated rings. The molecule has 1 aromatic rings. The Labute approximate surface area is 138 Å². The van der Waals surface area contributed by atoms with Gasteiger partial charge < -0.3 is 9.98 Å². The minimum atomic E-state index is -2.44. The van der Waals surface area contributed by atoms with Crippen LogP contribution in [0.25, 0.3) is 0 Å². The van der Waals surface area contributed by atoms with E-state index in [9.17, 15) is 13.2 Å². The summed E-state index contributed by atoms with van der Waals surface area (Å²) in [5, 5.41) is 4.14. The SMILES string of the molecule is CC(C)n1cc(NN(C[C@@H]2C[C@@H](F)CN2C)S(=O)[O-])cn1.Cl. The summed E-state index contributed by atoms with van der Waals surface area (Å²) in [5.74, 6) is 0. The Morgan fingerprint density at radius 1 is 1.64 bits per heavy atom. The smallest absolute Gasteiger partial charge is 0.114 e. The first kappa shape index (κ1) is 19.3. The molecular formula is C12H22ClFN5O2S-. The quantitative estimate of drug-likeness (QED) is 0.616. The Kier molecular flexibility index (Phi) is 7.20. The van der Waals surface area contributed by atoms with Crippen molar-refractivity contribution in [1.82, 2.24) is 19.1 Å². The summed E-state index contributed by atoms with van der Waals surface area (Å²) in [5.41, 5.74) is 3.39. The molecule has 0 bridgehead atoms. The zero-order valence-electron chi connectivity index (χ0n) is 12.8. The van der Waals surface area contributed by atoms with E-state index in [4.69, 9.17) is 0 Å². The van der Waals surface area contributed by atoms with Gasteiger partial charge in [-0.2, -0.15) is 5.10 Å². The lowest BCUT2D eigenvalue weighted by Gasteiger charge is -2.29. The number of nitrogens with zero attached hydrogens (tertiary/aromatic N) is 4. The van der Waals surface area contributed by atoms with Crippen LogP contribution in [0.1, 0.15) is 26.3 Å². The number of aromatic nitrogens is 2. The highest BCUT2D eigenvalue weighted by Gasteiger charge is 2.31. The number of alkyl halides is 1. The Balaban J connectivity index is 0.00000242. The van der Waals surface area contributed by atoms with E-state index in [1.54, 1.807) is 24.1 Å². The van der Waals surface area contributed by atoms with Crippen LogP contribution < -0.4 is 5.43 Å². The van der Waals surface area contributed by atoms with Crippen molar-refractivity contribution in [3.05, 3.63) is 12.4 Å². The van der Waals surface area contributed by atoms with Crippen molar-refractivity contribution < 1.29 is 13.2 Å². The number of hydrogen-bond donors (Lipinski definition) is 1. The van der Waals surface area contributed by atoms with Crippen LogP contribution in [-0.4, -0.2) is 60.2 Å². The van der Waals surface area contributed by atoms with Gasteiger partial charge in [-0.1, -0.05) is 0 Å². The molecule has 0 aliphatic carbocycles. The van der Waals surface area contributed by atoms with Crippen LogP contribution in [0.5, 0.6) is 0 Å². The molecule has 22 heavy (non-hydrogen) atoms. The average Bonchev–Trinajstić information content (AvgIpc) is 2.96. The fourth-order valence-corrected chi connectivity index (χ4v) is 2.86. The zero-order chi connectivity index (χ0) is 15.6. The van der Waals surface area contributed by atoms with Crippen LogP contribution in [0.3, 0.4) is 0 Å². The first-order valence-corrected chi connectivity index (χ1v) is 7.92. The third-order valence-electron chi connectivity index (χ3n) is 3.58. The number of likely N-dealkylation sites (tertiary alicyclic amines) is 1. The Morgan fingerprint density at radius 3 is 2.77 bits per heavy atom. The Hall–Kier alpha value is -0.740. The fourth-order valence-electron chi connectivity index (χ4n) is 2.38. The molecule has 1 saturated heterocycles. The summed E-state index contributed by atoms with van der Waals surface area (Å²) in [6.07, 6.45) is 2.75. The lowest BCUT2D eigenvalue weighted by molar-refractivity contribution is 0.263. The van der Waals surface area contributed by atoms with E-state index in [1.807, 2.05) is 18.7 Å². The summed E-state index contributed by atoms with van der Waals surface area (Å²) in [6, 6.07) is 0.0607. The summed E-state index contributed by atoms with van der Waals surface area (Å²) in [4.78, 5) is 1.84. The van der Waals surface area contributed by atoms with Gasteiger partial charge in [-0.15, -0.1) is 16.8 Å². The molecule has 0 aromatic carbocycles. The fraction of sp³-hybridized carbons (Fsp3) is 0.750. The minimum absolute atomic E-state index is 0. The topological polar surface area (TPSA) is 76.5 Å². The molecule has 1 aliphatic rings. The van der Waals surface area contributed by atoms with Crippen LogP contribution in [0, 0.1) is 0 Å². The summed E-state index contributed by atoms with van der Waals surface area (Å²) in [7, 11) is 1.80. The molecule has 1 N–H and O–H groups in total. The normalized spacial score (nSPS) is 23.8. The van der Waals surface area contributed by atoms with Crippen molar-refractivity contribution in [1.29, 1.82) is 0 Å². The summed E-state index contributed by atoms with van der Waals surface area (Å²) >= 11 is -2.44. The Bertz CT molecular complexity index is 504. The van der Waals surface area contributed by atoms with Gasteiger partial charge in [0.05, 0.1) is 11.9 Å². The largest absolute Gasteiger partial charge is 0.758 e. The van der Waals surface area contributed by atoms with Crippen LogP contribution in [0.2, 0.25) is 0 Å². The van der Waals surface area contributed by atoms with Crippen LogP contribution in [0.15, 0.2) is 12.4 Å². The molecule has 0 saturated carbocycles. The van der Waals surface area contributed by atoms with Crippen molar-refractivity contribution >= 4 is 29.4 Å². The van der Waals surface area contributed by atoms with Crippen LogP contribution >= 0.6 is 12.4 Å². The molecule has 10 heteroatoms. The predicted octanol–water partition coefficient (Wildman–Crippen LogP) is 1.35. The van der Waals surface area contributed by atoms with Gasteiger partial charge in [-0.3, -0.25) is 13.8 Å². The number of likely N-dealkylation sites (N-methyl/N-ethyl adjacent to an activating group) is 1. The third-order valence-corrected chi connectivity index (χ3v) is 4.18. The van der Waals surface area contributed by atoms with E-state index in [2.05, 4.69) is 10.5 Å². The highest BCUT2D eigenvalue weighted by atomic mass is 35.5. The van der Waals surface area contributed by atoms with Crippen LogP contribution in [-0.2, 0) is 11.3 Å². The monoisotopic (exact) mass is 354 g/mol. The van der Waals surface area contributed by atoms with Crippen molar-refractivity contribution in [2.75, 3.05) is 25.6 Å². The molecular weight excluding hydrogens is 333 g/mol. The molecule has 2 heterocycles. The van der Waals surface area contributed by atoms with E-state index >= 15 is 0 Å². The Morgan fingerprint density at radius 2 is 2.32 bits per heavy atom. The van der Waals surface area contributed by atoms with E-state index < -0.39 is 17.4 Å². The zero-order valence-corrected chi connectivity index (χ0v) is 14.4. The van der Waals surface area contributed by atoms with E-state index in [-0.39, 0.29) is 31.0 Å². The molecule has 1 unspecified atom stereocenters. The molecule has 3 atom stereocenters. The van der Waals surface area contributed by atoms with Gasteiger partial charge in [0.25, 0.3) is 0 Å². The number of hydrazine groups is 1. The van der Waals surface area contributed by atoms with Gasteiger partial charge >= 0.3 is 0 Å². The first-order chi connectivity index (χ1) is 9.86. The van der Waals surface area contributed by atoms with Gasteiger partial charge in [0.2, 0.25) is 0 Å². The van der Waals surface area contributed by atoms with E-state index in [0.29, 0.717) is 18.7 Å². The molecule has 1 aromatic heterocycles. The maximum absolute atomic E-state index is 13.3. The van der Waals surface area contributed by atoms with Crippen molar-refractivity contribution in [3.63, 3.8) is 0 Å². The van der Waals surface area contributed by atoms with Crippen molar-refractivity contribution in [2.24, 2.45) is 0 Å². The molecule has 0 spiro atoms. The van der Waals surface area contributed by atoms with Crippen LogP contribution in [0.4, 0.5) is 10.1 Å². The molecule has 2 rings (SSSR count). The second-order valence-electron chi connectivity index (χ2n) is 5.62. The number of halogens is 2. The second-order valence-corrected chi connectivity index (χ2v) is 6.49. The van der Waals surface area contributed by atoms with Gasteiger partial charge in [-0.25, -0.2) is 4.39 Å². The molecule has 7 nitrogen and oxygen atoms in total. The molecule has 0 radical (unpaired) electrons. The van der Waals surface area contributed by atoms with E-state index in [0.717, 1.165) is 4.41 Å². The standard InChI is InChI=1S/C12H22FN5O2S.ClH/c1-9(2)17-7-11(5-14-17)15-18(21(19)20)8-12-4-10(13)6-16(12)3;/h5,7,9-10,12,15H,4,6,8H2,1-3H3,(H,19,20);1H/p-1/t10-,12+;/m1./s1. The van der Waals surface area contributed by atoms with E-state index in [1.165, 1.54) is 0 Å². The molecule has 128 valence electrons. The number of anilines is 1. The van der Waals surface area contributed by atoms with Gasteiger partial charge in [0.15, 0.2) is 0 Å². The summed E-state index contributed by atoms with van der Waals surface area (Å²) in [6.45, 7) is 4.50. The average molecular weight is 355 g/mol. The van der Waals surface area contributed by atoms with Gasteiger partial charge in [-0.05, 0) is 27.3 Å². The lowest BCUT2D eigenvalue weighted by Crippen LogP contribution is -2.42. The highest BCUT2D eigenvalue weighted by molar-refractivity contribution is 7.76. The lowest BCUT2D eigenvalue weighted by atomic mass is 10.2. The maximum Gasteiger partial charge on any atom is 0.114 e. The van der Waals surface area contributed by atoms with Crippen molar-refractivity contribution in [3.8, 4) is 0 Å². The first-order valence-electron chi connectivity index (χ1n) is 6.89. The van der Waals surface area contributed by atoms with Gasteiger partial charge in [0, 0.05) is 42.6 Å². The highest BCUT2D eigenvalue weighted by Crippen LogP contribution is 2.20. The molecule has 1 aliphatic heterocycles. The second kappa shape index (κ2) is 8.21. The third kappa shape index (κ3) is 4.88.